The van der Waals surface area contributed by atoms with Crippen LogP contribution < -0.4 is 10.2 Å². The molecule has 1 fully saturated rings. The first-order valence-electron chi connectivity index (χ1n) is 6.18. The molecule has 92 valence electrons. The molecule has 0 aliphatic carbocycles. The topological polar surface area (TPSA) is 15.3 Å². The molecule has 0 radical (unpaired) electrons. The average molecular weight is 269 g/mol. The predicted octanol–water partition coefficient (Wildman–Crippen LogP) is 2.48. The third kappa shape index (κ3) is 1.60. The van der Waals surface area contributed by atoms with Gasteiger partial charge < -0.3 is 10.2 Å². The highest BCUT2D eigenvalue weighted by atomic mass is 35.5. The Morgan fingerprint density at radius 2 is 2.29 bits per heavy atom. The van der Waals surface area contributed by atoms with E-state index in [0.717, 1.165) is 12.0 Å². The largest absolute Gasteiger partial charge is 0.366 e. The number of hydrogen-bond donors (Lipinski definition) is 1. The van der Waals surface area contributed by atoms with Gasteiger partial charge in [0.15, 0.2) is 0 Å². The highest BCUT2D eigenvalue weighted by Crippen LogP contribution is 2.49. The summed E-state index contributed by atoms with van der Waals surface area (Å²) in [6.07, 6.45) is 1.31. The van der Waals surface area contributed by atoms with Gasteiger partial charge in [0.2, 0.25) is 0 Å². The van der Waals surface area contributed by atoms with Crippen molar-refractivity contribution in [3.8, 4) is 0 Å². The standard InChI is InChI=1S/C13H16N2S.ClH/c1-2-9-10-8-14-5-4-11(10)15-6-7-16-12(3-1)13(9)15;/h1-3,10-11,14H,4-8H2;1H/t10-,11-;/m0./s1. The fraction of sp³-hybridized carbons (Fsp3) is 0.538. The highest BCUT2D eigenvalue weighted by molar-refractivity contribution is 7.99. The summed E-state index contributed by atoms with van der Waals surface area (Å²) < 4.78 is 0. The Bertz CT molecular complexity index is 437. The second-order valence-electron chi connectivity index (χ2n) is 4.90. The molecule has 0 unspecified atom stereocenters. The van der Waals surface area contributed by atoms with Gasteiger partial charge in [-0.25, -0.2) is 0 Å². The molecule has 17 heavy (non-hydrogen) atoms. The first kappa shape index (κ1) is 11.7. The molecule has 0 spiro atoms. The Labute approximate surface area is 113 Å². The molecule has 2 nitrogen and oxygen atoms in total. The lowest BCUT2D eigenvalue weighted by molar-refractivity contribution is 0.405. The average Bonchev–Trinajstić information content (AvgIpc) is 2.68. The number of para-hydroxylation sites is 1. The van der Waals surface area contributed by atoms with Crippen molar-refractivity contribution in [1.29, 1.82) is 0 Å². The number of nitrogens with one attached hydrogen (secondary N) is 1. The number of benzene rings is 1. The summed E-state index contributed by atoms with van der Waals surface area (Å²) in [5.74, 6) is 2.00. The molecule has 3 heterocycles. The maximum absolute atomic E-state index is 3.55. The van der Waals surface area contributed by atoms with E-state index in [1.165, 1.54) is 36.7 Å². The van der Waals surface area contributed by atoms with E-state index in [4.69, 9.17) is 0 Å². The van der Waals surface area contributed by atoms with Crippen LogP contribution in [0.4, 0.5) is 5.69 Å². The highest BCUT2D eigenvalue weighted by Gasteiger charge is 2.41. The van der Waals surface area contributed by atoms with Gasteiger partial charge in [0.25, 0.3) is 0 Å². The summed E-state index contributed by atoms with van der Waals surface area (Å²) in [6, 6.07) is 7.65. The molecule has 3 aliphatic heterocycles. The van der Waals surface area contributed by atoms with Gasteiger partial charge in [0, 0.05) is 35.7 Å². The Hall–Kier alpha value is -0.380. The number of anilines is 1. The van der Waals surface area contributed by atoms with Gasteiger partial charge >= 0.3 is 0 Å². The lowest BCUT2D eigenvalue weighted by atomic mass is 9.90. The summed E-state index contributed by atoms with van der Waals surface area (Å²) in [5, 5.41) is 3.55. The van der Waals surface area contributed by atoms with Gasteiger partial charge in [-0.05, 0) is 24.6 Å². The molecule has 1 aromatic carbocycles. The molecule has 1 saturated heterocycles. The monoisotopic (exact) mass is 268 g/mol. The number of halogens is 1. The first-order valence-corrected chi connectivity index (χ1v) is 7.17. The van der Waals surface area contributed by atoms with E-state index in [1.807, 2.05) is 11.8 Å². The van der Waals surface area contributed by atoms with Gasteiger partial charge in [-0.2, -0.15) is 0 Å². The predicted molar refractivity (Wildman–Crippen MR) is 75.8 cm³/mol. The Kier molecular flexibility index (Phi) is 3.01. The Balaban J connectivity index is 0.000000902. The Morgan fingerprint density at radius 1 is 1.35 bits per heavy atom. The maximum atomic E-state index is 3.55. The summed E-state index contributed by atoms with van der Waals surface area (Å²) in [5.41, 5.74) is 3.17. The lowest BCUT2D eigenvalue weighted by Crippen LogP contribution is -2.45. The molecule has 0 saturated carbocycles. The number of thioether (sulfide) groups is 1. The minimum atomic E-state index is 0. The maximum Gasteiger partial charge on any atom is 0.0544 e. The quantitative estimate of drug-likeness (QED) is 0.778. The number of piperidine rings is 1. The van der Waals surface area contributed by atoms with Gasteiger partial charge in [-0.3, -0.25) is 0 Å². The van der Waals surface area contributed by atoms with E-state index < -0.39 is 0 Å². The van der Waals surface area contributed by atoms with Gasteiger partial charge in [0.1, 0.15) is 0 Å². The zero-order valence-corrected chi connectivity index (χ0v) is 11.3. The van der Waals surface area contributed by atoms with Crippen molar-refractivity contribution in [1.82, 2.24) is 5.32 Å². The second kappa shape index (κ2) is 4.38. The van der Waals surface area contributed by atoms with Crippen molar-refractivity contribution in [2.24, 2.45) is 0 Å². The van der Waals surface area contributed by atoms with E-state index in [9.17, 15) is 0 Å². The molecule has 1 N–H and O–H groups in total. The van der Waals surface area contributed by atoms with Crippen molar-refractivity contribution >= 4 is 29.9 Å². The van der Waals surface area contributed by atoms with Crippen LogP contribution in [-0.2, 0) is 0 Å². The van der Waals surface area contributed by atoms with E-state index in [2.05, 4.69) is 28.4 Å². The first-order chi connectivity index (χ1) is 7.95. The third-order valence-corrected chi connectivity index (χ3v) is 5.18. The molecule has 4 rings (SSSR count). The Morgan fingerprint density at radius 3 is 3.24 bits per heavy atom. The van der Waals surface area contributed by atoms with Crippen molar-refractivity contribution < 1.29 is 0 Å². The van der Waals surface area contributed by atoms with Crippen LogP contribution in [0.15, 0.2) is 23.1 Å². The van der Waals surface area contributed by atoms with E-state index >= 15 is 0 Å². The lowest BCUT2D eigenvalue weighted by Gasteiger charge is -2.36. The van der Waals surface area contributed by atoms with Crippen LogP contribution in [0.1, 0.15) is 17.9 Å². The van der Waals surface area contributed by atoms with Crippen molar-refractivity contribution in [2.45, 2.75) is 23.3 Å². The van der Waals surface area contributed by atoms with Crippen LogP contribution in [0.2, 0.25) is 0 Å². The molecule has 0 bridgehead atoms. The van der Waals surface area contributed by atoms with Crippen LogP contribution in [0, 0.1) is 0 Å². The molecule has 1 aromatic rings. The zero-order chi connectivity index (χ0) is 10.5. The molecule has 0 amide bonds. The van der Waals surface area contributed by atoms with Crippen molar-refractivity contribution in [3.63, 3.8) is 0 Å². The number of hydrogen-bond acceptors (Lipinski definition) is 3. The summed E-state index contributed by atoms with van der Waals surface area (Å²) in [4.78, 5) is 4.20. The summed E-state index contributed by atoms with van der Waals surface area (Å²) in [7, 11) is 0. The molecular formula is C13H17ClN2S. The fourth-order valence-corrected chi connectivity index (χ4v) is 4.55. The van der Waals surface area contributed by atoms with Gasteiger partial charge in [0.05, 0.1) is 5.69 Å². The SMILES string of the molecule is Cl.c1cc2c3c(c1)[C@@H]1CNCC[C@@H]1N3CCS2. The number of fused-ring (bicyclic) bond motifs is 3. The van der Waals surface area contributed by atoms with Crippen LogP contribution >= 0.6 is 24.2 Å². The van der Waals surface area contributed by atoms with Crippen molar-refractivity contribution in [3.05, 3.63) is 23.8 Å². The van der Waals surface area contributed by atoms with Crippen molar-refractivity contribution in [2.75, 3.05) is 30.3 Å². The number of nitrogens with zero attached hydrogens (tertiary/aromatic N) is 1. The minimum absolute atomic E-state index is 0. The summed E-state index contributed by atoms with van der Waals surface area (Å²) >= 11 is 2.03. The normalized spacial score (nSPS) is 29.3. The zero-order valence-electron chi connectivity index (χ0n) is 9.69. The van der Waals surface area contributed by atoms with Gasteiger partial charge in [-0.1, -0.05) is 12.1 Å². The van der Waals surface area contributed by atoms with Crippen LogP contribution in [0.3, 0.4) is 0 Å². The smallest absolute Gasteiger partial charge is 0.0544 e. The van der Waals surface area contributed by atoms with E-state index in [-0.39, 0.29) is 12.4 Å². The fourth-order valence-electron chi connectivity index (χ4n) is 3.49. The molecule has 3 aliphatic rings. The van der Waals surface area contributed by atoms with Crippen LogP contribution in [0.25, 0.3) is 0 Å². The molecule has 0 aromatic heterocycles. The summed E-state index contributed by atoms with van der Waals surface area (Å²) in [6.45, 7) is 3.60. The minimum Gasteiger partial charge on any atom is -0.366 e. The van der Waals surface area contributed by atoms with Gasteiger partial charge in [-0.15, -0.1) is 24.2 Å². The number of rotatable bonds is 0. The molecule has 2 atom stereocenters. The van der Waals surface area contributed by atoms with E-state index in [0.29, 0.717) is 0 Å². The molecule has 4 heteroatoms. The molecular weight excluding hydrogens is 252 g/mol. The third-order valence-electron chi connectivity index (χ3n) is 4.15. The second-order valence-corrected chi connectivity index (χ2v) is 6.04. The van der Waals surface area contributed by atoms with Crippen LogP contribution in [-0.4, -0.2) is 31.4 Å². The van der Waals surface area contributed by atoms with E-state index in [1.54, 1.807) is 11.3 Å². The van der Waals surface area contributed by atoms with Crippen LogP contribution in [0.5, 0.6) is 0 Å².